The zero-order valence-corrected chi connectivity index (χ0v) is 13.7. The fourth-order valence-electron chi connectivity index (χ4n) is 2.00. The Kier molecular flexibility index (Phi) is 5.59. The average Bonchev–Trinajstić information content (AvgIpc) is 2.53. The number of pyridine rings is 1. The predicted octanol–water partition coefficient (Wildman–Crippen LogP) is 3.71. The molecule has 2 unspecified atom stereocenters. The number of nitrogens with two attached hydrogens (primary N) is 1. The second-order valence-corrected chi connectivity index (χ2v) is 5.55. The van der Waals surface area contributed by atoms with Crippen LogP contribution in [0.15, 0.2) is 47.2 Å². The van der Waals surface area contributed by atoms with Crippen molar-refractivity contribution in [1.29, 1.82) is 0 Å². The van der Waals surface area contributed by atoms with Crippen molar-refractivity contribution in [2.45, 2.75) is 25.5 Å². The molecule has 2 N–H and O–H groups in total. The summed E-state index contributed by atoms with van der Waals surface area (Å²) in [7, 11) is 1.63. The van der Waals surface area contributed by atoms with Gasteiger partial charge < -0.3 is 15.2 Å². The van der Waals surface area contributed by atoms with Gasteiger partial charge in [0.1, 0.15) is 17.6 Å². The van der Waals surface area contributed by atoms with Gasteiger partial charge in [-0.3, -0.25) is 4.98 Å². The smallest absolute Gasteiger partial charge is 0.140 e. The van der Waals surface area contributed by atoms with Crippen molar-refractivity contribution >= 4 is 15.9 Å². The number of nitrogens with zero attached hydrogens (tertiary/aromatic N) is 1. The summed E-state index contributed by atoms with van der Waals surface area (Å²) < 4.78 is 12.1. The Hall–Kier alpha value is -1.59. The molecule has 4 nitrogen and oxygen atoms in total. The van der Waals surface area contributed by atoms with Crippen molar-refractivity contribution < 1.29 is 9.47 Å². The number of hydrogen-bond acceptors (Lipinski definition) is 4. The molecule has 0 amide bonds. The molecular weight excluding hydrogens is 332 g/mol. The highest BCUT2D eigenvalue weighted by atomic mass is 79.9. The van der Waals surface area contributed by atoms with Crippen LogP contribution in [0.1, 0.15) is 25.0 Å². The van der Waals surface area contributed by atoms with E-state index in [0.29, 0.717) is 0 Å². The highest BCUT2D eigenvalue weighted by Gasteiger charge is 2.21. The highest BCUT2D eigenvalue weighted by molar-refractivity contribution is 9.10. The van der Waals surface area contributed by atoms with Gasteiger partial charge in [-0.15, -0.1) is 0 Å². The van der Waals surface area contributed by atoms with Crippen molar-refractivity contribution in [3.63, 3.8) is 0 Å². The normalized spacial score (nSPS) is 13.5. The molecule has 0 aliphatic carbocycles. The number of rotatable bonds is 6. The van der Waals surface area contributed by atoms with Crippen LogP contribution < -0.4 is 15.2 Å². The zero-order valence-electron chi connectivity index (χ0n) is 12.1. The summed E-state index contributed by atoms with van der Waals surface area (Å²) >= 11 is 3.50. The maximum Gasteiger partial charge on any atom is 0.140 e. The van der Waals surface area contributed by atoms with E-state index in [0.717, 1.165) is 28.0 Å². The Morgan fingerprint density at radius 1 is 1.33 bits per heavy atom. The van der Waals surface area contributed by atoms with E-state index in [9.17, 15) is 0 Å². The second-order valence-electron chi connectivity index (χ2n) is 4.69. The molecule has 0 aliphatic heterocycles. The first-order valence-corrected chi connectivity index (χ1v) is 7.60. The van der Waals surface area contributed by atoms with Gasteiger partial charge >= 0.3 is 0 Å². The molecule has 21 heavy (non-hydrogen) atoms. The van der Waals surface area contributed by atoms with Gasteiger partial charge in [0.2, 0.25) is 0 Å². The molecule has 0 radical (unpaired) electrons. The standard InChI is InChI=1S/C16H19BrN2O2/c1-3-14(18)16(11-5-4-8-19-10-11)21-15-7-6-12(20-2)9-13(15)17/h4-10,14,16H,3,18H2,1-2H3. The van der Waals surface area contributed by atoms with Crippen LogP contribution in [0.5, 0.6) is 11.5 Å². The van der Waals surface area contributed by atoms with Crippen LogP contribution in [0.25, 0.3) is 0 Å². The van der Waals surface area contributed by atoms with Crippen LogP contribution in [0.4, 0.5) is 0 Å². The molecular formula is C16H19BrN2O2. The van der Waals surface area contributed by atoms with Crippen LogP contribution in [0.3, 0.4) is 0 Å². The van der Waals surface area contributed by atoms with Gasteiger partial charge in [-0.1, -0.05) is 13.0 Å². The predicted molar refractivity (Wildman–Crippen MR) is 86.6 cm³/mol. The monoisotopic (exact) mass is 350 g/mol. The summed E-state index contributed by atoms with van der Waals surface area (Å²) in [6, 6.07) is 9.35. The number of methoxy groups -OCH3 is 1. The fourth-order valence-corrected chi connectivity index (χ4v) is 2.45. The summed E-state index contributed by atoms with van der Waals surface area (Å²) in [6.07, 6.45) is 4.10. The van der Waals surface area contributed by atoms with Crippen LogP contribution >= 0.6 is 15.9 Å². The molecule has 0 saturated heterocycles. The van der Waals surface area contributed by atoms with E-state index in [4.69, 9.17) is 15.2 Å². The van der Waals surface area contributed by atoms with Crippen LogP contribution in [-0.4, -0.2) is 18.1 Å². The third-order valence-corrected chi connectivity index (χ3v) is 3.89. The summed E-state index contributed by atoms with van der Waals surface area (Å²) in [5, 5.41) is 0. The lowest BCUT2D eigenvalue weighted by atomic mass is 10.0. The summed E-state index contributed by atoms with van der Waals surface area (Å²) in [6.45, 7) is 2.04. The van der Waals surface area contributed by atoms with E-state index < -0.39 is 0 Å². The third-order valence-electron chi connectivity index (χ3n) is 3.27. The quantitative estimate of drug-likeness (QED) is 0.862. The van der Waals surface area contributed by atoms with Gasteiger partial charge in [0.25, 0.3) is 0 Å². The molecule has 1 aromatic carbocycles. The van der Waals surface area contributed by atoms with Crippen molar-refractivity contribution in [3.05, 3.63) is 52.8 Å². The van der Waals surface area contributed by atoms with Gasteiger partial charge in [-0.25, -0.2) is 0 Å². The lowest BCUT2D eigenvalue weighted by Crippen LogP contribution is -2.31. The van der Waals surface area contributed by atoms with Crippen molar-refractivity contribution in [1.82, 2.24) is 4.98 Å². The lowest BCUT2D eigenvalue weighted by Gasteiger charge is -2.25. The van der Waals surface area contributed by atoms with Gasteiger partial charge in [0.15, 0.2) is 0 Å². The van der Waals surface area contributed by atoms with Gasteiger partial charge in [0, 0.05) is 24.0 Å². The van der Waals surface area contributed by atoms with E-state index in [1.165, 1.54) is 0 Å². The largest absolute Gasteiger partial charge is 0.497 e. The second kappa shape index (κ2) is 7.43. The lowest BCUT2D eigenvalue weighted by molar-refractivity contribution is 0.169. The summed E-state index contributed by atoms with van der Waals surface area (Å²) in [5.41, 5.74) is 7.18. The minimum absolute atomic E-state index is 0.108. The number of hydrogen-bond donors (Lipinski definition) is 1. The van der Waals surface area contributed by atoms with E-state index in [2.05, 4.69) is 20.9 Å². The Labute approximate surface area is 133 Å². The molecule has 112 valence electrons. The fraction of sp³-hybridized carbons (Fsp3) is 0.312. The van der Waals surface area contributed by atoms with E-state index in [1.807, 2.05) is 37.3 Å². The van der Waals surface area contributed by atoms with E-state index in [-0.39, 0.29) is 12.1 Å². The third kappa shape index (κ3) is 3.95. The minimum atomic E-state index is -0.242. The maximum atomic E-state index is 6.21. The van der Waals surface area contributed by atoms with Crippen molar-refractivity contribution in [2.75, 3.05) is 7.11 Å². The molecule has 1 aromatic heterocycles. The average molecular weight is 351 g/mol. The molecule has 0 aliphatic rings. The molecule has 2 atom stereocenters. The Balaban J connectivity index is 2.27. The van der Waals surface area contributed by atoms with Crippen LogP contribution in [-0.2, 0) is 0 Å². The molecule has 2 rings (SSSR count). The van der Waals surface area contributed by atoms with E-state index >= 15 is 0 Å². The molecule has 0 bridgehead atoms. The van der Waals surface area contributed by atoms with Gasteiger partial charge in [0.05, 0.1) is 11.6 Å². The van der Waals surface area contributed by atoms with Crippen molar-refractivity contribution in [3.8, 4) is 11.5 Å². The number of aromatic nitrogens is 1. The number of halogens is 1. The first kappa shape index (κ1) is 15.8. The van der Waals surface area contributed by atoms with Crippen LogP contribution in [0, 0.1) is 0 Å². The maximum absolute atomic E-state index is 6.21. The molecule has 2 aromatic rings. The van der Waals surface area contributed by atoms with Crippen LogP contribution in [0.2, 0.25) is 0 Å². The molecule has 5 heteroatoms. The topological polar surface area (TPSA) is 57.4 Å². The first-order chi connectivity index (χ1) is 10.2. The molecule has 0 fully saturated rings. The Morgan fingerprint density at radius 2 is 2.14 bits per heavy atom. The zero-order chi connectivity index (χ0) is 15.2. The minimum Gasteiger partial charge on any atom is -0.497 e. The Morgan fingerprint density at radius 3 is 2.71 bits per heavy atom. The van der Waals surface area contributed by atoms with E-state index in [1.54, 1.807) is 19.5 Å². The molecule has 0 saturated carbocycles. The number of benzene rings is 1. The molecule has 0 spiro atoms. The van der Waals surface area contributed by atoms with Crippen molar-refractivity contribution in [2.24, 2.45) is 5.73 Å². The summed E-state index contributed by atoms with van der Waals surface area (Å²) in [4.78, 5) is 4.15. The molecule has 1 heterocycles. The highest BCUT2D eigenvalue weighted by Crippen LogP contribution is 2.33. The van der Waals surface area contributed by atoms with Gasteiger partial charge in [-0.05, 0) is 46.6 Å². The number of ether oxygens (including phenoxy) is 2. The first-order valence-electron chi connectivity index (χ1n) is 6.81. The Bertz CT molecular complexity index is 578. The summed E-state index contributed by atoms with van der Waals surface area (Å²) in [5.74, 6) is 1.50. The SMILES string of the molecule is CCC(N)C(Oc1ccc(OC)cc1Br)c1cccnc1. The van der Waals surface area contributed by atoms with Gasteiger partial charge in [-0.2, -0.15) is 0 Å².